The Morgan fingerprint density at radius 3 is 2.56 bits per heavy atom. The number of hydrogen-bond acceptors (Lipinski definition) is 5. The van der Waals surface area contributed by atoms with E-state index in [0.29, 0.717) is 6.54 Å². The standard InChI is InChI=1S/C20H26N4O2S/c1-16-4-2-5-17(12-16)14-23-7-9-24(10-8-23)15-19(25)22-20(26)21-13-18-6-3-11-27-18/h2-6,11-12H,7-10,13-15H2,1H3,(H2,21,22,25,26). The zero-order chi connectivity index (χ0) is 19.1. The highest BCUT2D eigenvalue weighted by Gasteiger charge is 2.19. The molecule has 3 amide bonds. The molecule has 6 nitrogen and oxygen atoms in total. The average Bonchev–Trinajstić information content (AvgIpc) is 3.15. The van der Waals surface area contributed by atoms with Crippen molar-refractivity contribution in [2.45, 2.75) is 20.0 Å². The molecule has 1 saturated heterocycles. The molecule has 0 spiro atoms. The third-order valence-electron chi connectivity index (χ3n) is 4.58. The van der Waals surface area contributed by atoms with Gasteiger partial charge in [-0.1, -0.05) is 35.9 Å². The summed E-state index contributed by atoms with van der Waals surface area (Å²) in [4.78, 5) is 29.4. The minimum absolute atomic E-state index is 0.255. The molecule has 1 aromatic heterocycles. The molecule has 7 heteroatoms. The number of carbonyl (C=O) groups excluding carboxylic acids is 2. The van der Waals surface area contributed by atoms with Gasteiger partial charge in [0.15, 0.2) is 0 Å². The lowest BCUT2D eigenvalue weighted by Crippen LogP contribution is -2.50. The number of aryl methyl sites for hydroxylation is 1. The molecule has 1 aromatic carbocycles. The van der Waals surface area contributed by atoms with Crippen molar-refractivity contribution in [3.63, 3.8) is 0 Å². The first-order chi connectivity index (χ1) is 13.1. The van der Waals surface area contributed by atoms with Crippen LogP contribution >= 0.6 is 11.3 Å². The van der Waals surface area contributed by atoms with Crippen molar-refractivity contribution in [2.75, 3.05) is 32.7 Å². The summed E-state index contributed by atoms with van der Waals surface area (Å²) in [6.07, 6.45) is 0. The maximum Gasteiger partial charge on any atom is 0.321 e. The van der Waals surface area contributed by atoms with Crippen LogP contribution in [0.25, 0.3) is 0 Å². The molecule has 0 unspecified atom stereocenters. The summed E-state index contributed by atoms with van der Waals surface area (Å²) in [5.74, 6) is -0.259. The first kappa shape index (κ1) is 19.5. The Bertz CT molecular complexity index is 755. The summed E-state index contributed by atoms with van der Waals surface area (Å²) in [5, 5.41) is 7.07. The summed E-state index contributed by atoms with van der Waals surface area (Å²) in [6, 6.07) is 12.0. The Morgan fingerprint density at radius 2 is 1.85 bits per heavy atom. The molecule has 27 heavy (non-hydrogen) atoms. The van der Waals surface area contributed by atoms with E-state index in [1.165, 1.54) is 11.1 Å². The maximum atomic E-state index is 12.1. The lowest BCUT2D eigenvalue weighted by atomic mass is 10.1. The topological polar surface area (TPSA) is 64.7 Å². The molecule has 2 heterocycles. The number of nitrogens with one attached hydrogen (secondary N) is 2. The predicted molar refractivity (Wildman–Crippen MR) is 108 cm³/mol. The van der Waals surface area contributed by atoms with Crippen LogP contribution in [0, 0.1) is 6.92 Å². The van der Waals surface area contributed by atoms with Gasteiger partial charge in [-0.05, 0) is 23.9 Å². The molecule has 2 aromatic rings. The predicted octanol–water partition coefficient (Wildman–Crippen LogP) is 2.20. The number of rotatable bonds is 6. The average molecular weight is 387 g/mol. The Hall–Kier alpha value is -2.22. The van der Waals surface area contributed by atoms with E-state index in [1.54, 1.807) is 11.3 Å². The smallest absolute Gasteiger partial charge is 0.321 e. The van der Waals surface area contributed by atoms with E-state index < -0.39 is 6.03 Å². The Balaban J connectivity index is 1.34. The second kappa shape index (κ2) is 9.64. The third-order valence-corrected chi connectivity index (χ3v) is 5.45. The zero-order valence-corrected chi connectivity index (χ0v) is 16.4. The van der Waals surface area contributed by atoms with Gasteiger partial charge in [0, 0.05) is 37.6 Å². The van der Waals surface area contributed by atoms with Gasteiger partial charge < -0.3 is 5.32 Å². The van der Waals surface area contributed by atoms with Crippen LogP contribution in [0.5, 0.6) is 0 Å². The molecule has 144 valence electrons. The van der Waals surface area contributed by atoms with Crippen LogP contribution in [0.1, 0.15) is 16.0 Å². The van der Waals surface area contributed by atoms with Crippen LogP contribution in [-0.4, -0.2) is 54.5 Å². The largest absolute Gasteiger partial charge is 0.333 e. The fourth-order valence-electron chi connectivity index (χ4n) is 3.17. The highest BCUT2D eigenvalue weighted by atomic mass is 32.1. The van der Waals surface area contributed by atoms with Crippen LogP contribution in [0.2, 0.25) is 0 Å². The van der Waals surface area contributed by atoms with Gasteiger partial charge in [0.05, 0.1) is 13.1 Å². The lowest BCUT2D eigenvalue weighted by Gasteiger charge is -2.34. The van der Waals surface area contributed by atoms with Gasteiger partial charge in [0.1, 0.15) is 0 Å². The van der Waals surface area contributed by atoms with Crippen LogP contribution in [0.15, 0.2) is 41.8 Å². The van der Waals surface area contributed by atoms with Crippen LogP contribution < -0.4 is 10.6 Å². The number of thiophene rings is 1. The van der Waals surface area contributed by atoms with E-state index >= 15 is 0 Å². The van der Waals surface area contributed by atoms with Gasteiger partial charge in [-0.15, -0.1) is 11.3 Å². The highest BCUT2D eigenvalue weighted by Crippen LogP contribution is 2.10. The van der Waals surface area contributed by atoms with Crippen LogP contribution in [0.3, 0.4) is 0 Å². The normalized spacial score (nSPS) is 15.4. The second-order valence-electron chi connectivity index (χ2n) is 6.85. The van der Waals surface area contributed by atoms with Crippen molar-refractivity contribution >= 4 is 23.3 Å². The molecule has 0 aliphatic carbocycles. The van der Waals surface area contributed by atoms with E-state index in [0.717, 1.165) is 37.6 Å². The summed E-state index contributed by atoms with van der Waals surface area (Å²) < 4.78 is 0. The first-order valence-electron chi connectivity index (χ1n) is 9.19. The van der Waals surface area contributed by atoms with E-state index in [1.807, 2.05) is 17.5 Å². The lowest BCUT2D eigenvalue weighted by molar-refractivity contribution is -0.121. The highest BCUT2D eigenvalue weighted by molar-refractivity contribution is 7.09. The van der Waals surface area contributed by atoms with Crippen molar-refractivity contribution in [1.29, 1.82) is 0 Å². The summed E-state index contributed by atoms with van der Waals surface area (Å²) in [5.41, 5.74) is 2.60. The molecule has 0 radical (unpaired) electrons. The van der Waals surface area contributed by atoms with Crippen molar-refractivity contribution in [1.82, 2.24) is 20.4 Å². The van der Waals surface area contributed by atoms with E-state index in [2.05, 4.69) is 51.6 Å². The number of carbonyl (C=O) groups is 2. The molecule has 0 bridgehead atoms. The van der Waals surface area contributed by atoms with Crippen molar-refractivity contribution in [3.05, 3.63) is 57.8 Å². The third kappa shape index (κ3) is 6.46. The fourth-order valence-corrected chi connectivity index (χ4v) is 3.81. The van der Waals surface area contributed by atoms with Crippen LogP contribution in [0.4, 0.5) is 4.79 Å². The van der Waals surface area contributed by atoms with Crippen molar-refractivity contribution in [3.8, 4) is 0 Å². The van der Waals surface area contributed by atoms with E-state index in [4.69, 9.17) is 0 Å². The van der Waals surface area contributed by atoms with Gasteiger partial charge in [-0.3, -0.25) is 19.9 Å². The van der Waals surface area contributed by atoms with E-state index in [9.17, 15) is 9.59 Å². The van der Waals surface area contributed by atoms with Gasteiger partial charge in [0.25, 0.3) is 0 Å². The molecule has 1 aliphatic heterocycles. The number of piperazine rings is 1. The SMILES string of the molecule is Cc1cccc(CN2CCN(CC(=O)NC(=O)NCc3cccs3)CC2)c1. The summed E-state index contributed by atoms with van der Waals surface area (Å²) in [6.45, 7) is 7.24. The Kier molecular flexibility index (Phi) is 6.98. The Morgan fingerprint density at radius 1 is 1.07 bits per heavy atom. The molecule has 1 aliphatic rings. The molecular weight excluding hydrogens is 360 g/mol. The monoisotopic (exact) mass is 386 g/mol. The molecule has 2 N–H and O–H groups in total. The Labute approximate surface area is 164 Å². The zero-order valence-electron chi connectivity index (χ0n) is 15.6. The second-order valence-corrected chi connectivity index (χ2v) is 7.88. The summed E-state index contributed by atoms with van der Waals surface area (Å²) in [7, 11) is 0. The molecule has 0 atom stereocenters. The quantitative estimate of drug-likeness (QED) is 0.799. The van der Waals surface area contributed by atoms with Gasteiger partial charge >= 0.3 is 6.03 Å². The van der Waals surface area contributed by atoms with Gasteiger partial charge in [-0.2, -0.15) is 0 Å². The van der Waals surface area contributed by atoms with E-state index in [-0.39, 0.29) is 12.5 Å². The number of hydrogen-bond donors (Lipinski definition) is 2. The number of amides is 3. The minimum atomic E-state index is -0.438. The summed E-state index contributed by atoms with van der Waals surface area (Å²) >= 11 is 1.57. The van der Waals surface area contributed by atoms with Crippen molar-refractivity contribution < 1.29 is 9.59 Å². The number of urea groups is 1. The minimum Gasteiger partial charge on any atom is -0.333 e. The molecular formula is C20H26N4O2S. The molecule has 0 saturated carbocycles. The van der Waals surface area contributed by atoms with Gasteiger partial charge in [-0.25, -0.2) is 4.79 Å². The maximum absolute atomic E-state index is 12.1. The number of nitrogens with zero attached hydrogens (tertiary/aromatic N) is 2. The van der Waals surface area contributed by atoms with Gasteiger partial charge in [0.2, 0.25) is 5.91 Å². The molecule has 1 fully saturated rings. The number of benzene rings is 1. The van der Waals surface area contributed by atoms with Crippen molar-refractivity contribution in [2.24, 2.45) is 0 Å². The first-order valence-corrected chi connectivity index (χ1v) is 10.1. The molecule has 3 rings (SSSR count). The van der Waals surface area contributed by atoms with Crippen LogP contribution in [-0.2, 0) is 17.9 Å². The fraction of sp³-hybridized carbons (Fsp3) is 0.400. The number of imide groups is 1.